The molecule has 19 heavy (non-hydrogen) atoms. The Balaban J connectivity index is 0.000000550. The predicted molar refractivity (Wildman–Crippen MR) is 86.4 cm³/mol. The zero-order valence-corrected chi connectivity index (χ0v) is 16.3. The first-order valence-electron chi connectivity index (χ1n) is 6.11. The van der Waals surface area contributed by atoms with Gasteiger partial charge in [0.15, 0.2) is 0 Å². The summed E-state index contributed by atoms with van der Waals surface area (Å²) in [6, 6.07) is 15.7. The second-order valence-corrected chi connectivity index (χ2v) is 13.0. The van der Waals surface area contributed by atoms with Crippen LogP contribution in [0.2, 0.25) is 13.1 Å². The van der Waals surface area contributed by atoms with Crippen LogP contribution in [0.1, 0.15) is 5.56 Å². The van der Waals surface area contributed by atoms with E-state index in [-0.39, 0.29) is 0 Å². The molecule has 0 unspecified atom stereocenters. The molecular weight excluding hydrogens is 370 g/mol. The molecule has 0 radical (unpaired) electrons. The average Bonchev–Trinajstić information content (AvgIpc) is 3.01. The first-order valence-corrected chi connectivity index (χ1v) is 15.4. The summed E-state index contributed by atoms with van der Waals surface area (Å²) in [5.74, 6) is 0. The van der Waals surface area contributed by atoms with Crippen molar-refractivity contribution >= 4 is 35.5 Å². The minimum atomic E-state index is -1.45. The summed E-state index contributed by atoms with van der Waals surface area (Å²) in [7, 11) is 8.42. The Kier molecular flexibility index (Phi) is 7.61. The number of halogens is 2. The molecule has 0 saturated carbocycles. The minimum absolute atomic E-state index is 0.826. The van der Waals surface area contributed by atoms with E-state index in [9.17, 15) is 0 Å². The van der Waals surface area contributed by atoms with E-state index in [0.717, 1.165) is 6.42 Å². The van der Waals surface area contributed by atoms with E-state index in [1.807, 2.05) is 6.08 Å². The van der Waals surface area contributed by atoms with E-state index in [4.69, 9.17) is 17.0 Å². The van der Waals surface area contributed by atoms with E-state index in [1.165, 1.54) is 15.9 Å². The van der Waals surface area contributed by atoms with Crippen molar-refractivity contribution in [1.82, 2.24) is 0 Å². The van der Waals surface area contributed by atoms with E-state index in [0.29, 0.717) is 0 Å². The Hall–Kier alpha value is 0.120. The molecule has 0 bridgehead atoms. The molecule has 0 amide bonds. The Labute approximate surface area is 135 Å². The third kappa shape index (κ3) is 4.86. The number of rotatable bonds is 4. The van der Waals surface area contributed by atoms with Gasteiger partial charge in [-0.15, -0.1) is 6.58 Å². The fraction of sp³-hybridized carbons (Fsp3) is 0.200. The molecule has 0 aromatic heterocycles. The van der Waals surface area contributed by atoms with Crippen LogP contribution in [0, 0.1) is 0 Å². The molecule has 2 aromatic rings. The van der Waals surface area contributed by atoms with Crippen LogP contribution in [0.5, 0.6) is 0 Å². The van der Waals surface area contributed by atoms with Gasteiger partial charge in [0, 0.05) is 0 Å². The Morgan fingerprint density at radius 2 is 1.79 bits per heavy atom. The van der Waals surface area contributed by atoms with Gasteiger partial charge >= 0.3 is 37.9 Å². The van der Waals surface area contributed by atoms with Crippen molar-refractivity contribution < 1.29 is 20.8 Å². The second-order valence-electron chi connectivity index (χ2n) is 4.87. The molecule has 0 aliphatic heterocycles. The van der Waals surface area contributed by atoms with Crippen LogP contribution in [0.15, 0.2) is 55.1 Å². The van der Waals surface area contributed by atoms with Crippen LogP contribution >= 0.6 is 17.0 Å². The van der Waals surface area contributed by atoms with Gasteiger partial charge < -0.3 is 0 Å². The molecule has 0 spiro atoms. The number of hydrogen-bond acceptors (Lipinski definition) is 0. The molecule has 4 heteroatoms. The van der Waals surface area contributed by atoms with Crippen molar-refractivity contribution in [3.05, 3.63) is 60.7 Å². The molecule has 0 aliphatic rings. The summed E-state index contributed by atoms with van der Waals surface area (Å²) in [5.41, 5.74) is 1.39. The van der Waals surface area contributed by atoms with Crippen LogP contribution in [-0.2, 0) is 27.3 Å². The SMILES string of the molecule is C=CCc1cc[c-]([Si](C)(C)[c-]2cccc2)c1.[Cl][Zr][Cl]. The summed E-state index contributed by atoms with van der Waals surface area (Å²) >= 11 is -0.826. The van der Waals surface area contributed by atoms with Crippen molar-refractivity contribution in [1.29, 1.82) is 0 Å². The van der Waals surface area contributed by atoms with Gasteiger partial charge in [0.1, 0.15) is 0 Å². The molecule has 0 N–H and O–H groups in total. The molecule has 0 fully saturated rings. The summed E-state index contributed by atoms with van der Waals surface area (Å²) in [5, 5.41) is 3.04. The van der Waals surface area contributed by atoms with E-state index in [1.54, 1.807) is 0 Å². The van der Waals surface area contributed by atoms with Crippen molar-refractivity contribution in [3.8, 4) is 0 Å². The molecule has 0 heterocycles. The molecule has 0 atom stereocenters. The van der Waals surface area contributed by atoms with Crippen molar-refractivity contribution in [2.75, 3.05) is 0 Å². The monoisotopic (exact) mass is 386 g/mol. The molecule has 0 saturated heterocycles. The van der Waals surface area contributed by atoms with Crippen LogP contribution in [0.3, 0.4) is 0 Å². The van der Waals surface area contributed by atoms with Gasteiger partial charge in [-0.2, -0.15) is 40.2 Å². The average molecular weight is 389 g/mol. The van der Waals surface area contributed by atoms with Crippen molar-refractivity contribution in [2.24, 2.45) is 0 Å². The second kappa shape index (κ2) is 8.42. The molecule has 2 rings (SSSR count). The van der Waals surface area contributed by atoms with Gasteiger partial charge in [0.2, 0.25) is 0 Å². The molecular formula is C15H18Cl2SiZr-2. The number of hydrogen-bond donors (Lipinski definition) is 0. The Morgan fingerprint density at radius 1 is 1.21 bits per heavy atom. The van der Waals surface area contributed by atoms with Gasteiger partial charge in [0.25, 0.3) is 0 Å². The molecule has 0 aliphatic carbocycles. The van der Waals surface area contributed by atoms with Gasteiger partial charge in [-0.1, -0.05) is 25.6 Å². The van der Waals surface area contributed by atoms with Crippen LogP contribution < -0.4 is 10.4 Å². The number of allylic oxidation sites excluding steroid dienone is 1. The first-order chi connectivity index (χ1) is 9.06. The van der Waals surface area contributed by atoms with Crippen molar-refractivity contribution in [3.63, 3.8) is 0 Å². The molecule has 0 nitrogen and oxygen atoms in total. The zero-order chi connectivity index (χ0) is 14.3. The zero-order valence-electron chi connectivity index (χ0n) is 11.3. The summed E-state index contributed by atoms with van der Waals surface area (Å²) in [4.78, 5) is 0. The van der Waals surface area contributed by atoms with Gasteiger partial charge in [-0.05, 0) is 8.07 Å². The fourth-order valence-electron chi connectivity index (χ4n) is 2.13. The molecule has 102 valence electrons. The summed E-state index contributed by atoms with van der Waals surface area (Å²) < 4.78 is 0. The summed E-state index contributed by atoms with van der Waals surface area (Å²) in [6.45, 7) is 8.61. The topological polar surface area (TPSA) is 0 Å². The van der Waals surface area contributed by atoms with E-state index in [2.05, 4.69) is 62.1 Å². The third-order valence-electron chi connectivity index (χ3n) is 3.30. The van der Waals surface area contributed by atoms with Gasteiger partial charge in [0.05, 0.1) is 0 Å². The van der Waals surface area contributed by atoms with Crippen LogP contribution in [0.4, 0.5) is 0 Å². The van der Waals surface area contributed by atoms with Crippen molar-refractivity contribution in [2.45, 2.75) is 19.5 Å². The quantitative estimate of drug-likeness (QED) is 0.421. The Morgan fingerprint density at radius 3 is 2.32 bits per heavy atom. The van der Waals surface area contributed by atoms with Crippen LogP contribution in [-0.4, -0.2) is 8.07 Å². The third-order valence-corrected chi connectivity index (χ3v) is 6.84. The first kappa shape index (κ1) is 17.2. The van der Waals surface area contributed by atoms with Gasteiger partial charge in [-0.25, -0.2) is 18.2 Å². The standard InChI is InChI=1S/C15H18Si.2ClH.Zr/c1-4-7-13-10-11-15(12-13)16(2,3)14-8-5-6-9-14;;;/h4-6,8-12H,1,7H2,2-3H3;2*1H;/q-2;;;+2/p-2. The van der Waals surface area contributed by atoms with E-state index < -0.39 is 28.9 Å². The van der Waals surface area contributed by atoms with Gasteiger partial charge in [-0.3, -0.25) is 0 Å². The normalized spacial score (nSPS) is 10.5. The maximum atomic E-state index is 4.93. The summed E-state index contributed by atoms with van der Waals surface area (Å²) in [6.07, 6.45) is 2.95. The molecule has 2 aromatic carbocycles. The van der Waals surface area contributed by atoms with E-state index >= 15 is 0 Å². The predicted octanol–water partition coefficient (Wildman–Crippen LogP) is 4.05. The van der Waals surface area contributed by atoms with Crippen LogP contribution in [0.25, 0.3) is 0 Å². The Bertz CT molecular complexity index is 486. The maximum absolute atomic E-state index is 4.93. The fourth-order valence-corrected chi connectivity index (χ4v) is 4.54.